The predicted molar refractivity (Wildman–Crippen MR) is 106 cm³/mol. The van der Waals surface area contributed by atoms with Gasteiger partial charge >= 0.3 is 6.18 Å². The predicted octanol–water partition coefficient (Wildman–Crippen LogP) is 4.22. The first-order valence-electron chi connectivity index (χ1n) is 8.99. The number of nitrogens with zero attached hydrogens (tertiary/aromatic N) is 3. The molecule has 0 saturated carbocycles. The number of hydrogen-bond acceptors (Lipinski definition) is 5. The lowest BCUT2D eigenvalue weighted by Gasteiger charge is -2.18. The van der Waals surface area contributed by atoms with Crippen LogP contribution in [0, 0.1) is 5.92 Å². The normalized spacial score (nSPS) is 16.7. The van der Waals surface area contributed by atoms with Gasteiger partial charge in [-0.05, 0) is 18.2 Å². The van der Waals surface area contributed by atoms with Gasteiger partial charge in [0.05, 0.1) is 11.5 Å². The maximum Gasteiger partial charge on any atom is 0.416 e. The van der Waals surface area contributed by atoms with Crippen molar-refractivity contribution in [2.24, 2.45) is 5.92 Å². The van der Waals surface area contributed by atoms with Crippen molar-refractivity contribution in [3.8, 4) is 11.4 Å². The first kappa shape index (κ1) is 20.0. The summed E-state index contributed by atoms with van der Waals surface area (Å²) in [6, 6.07) is 13.8. The fraction of sp³-hybridized carbons (Fsp3) is 0.200. The number of hydrogen-bond donors (Lipinski definition) is 1. The molecule has 0 spiro atoms. The van der Waals surface area contributed by atoms with E-state index in [-0.39, 0.29) is 18.7 Å². The second-order valence-electron chi connectivity index (χ2n) is 6.73. The van der Waals surface area contributed by atoms with E-state index in [1.165, 1.54) is 17.0 Å². The van der Waals surface area contributed by atoms with Gasteiger partial charge in [-0.1, -0.05) is 36.4 Å². The van der Waals surface area contributed by atoms with Crippen LogP contribution in [-0.2, 0) is 15.8 Å². The Hall–Kier alpha value is -3.27. The third-order valence-corrected chi connectivity index (χ3v) is 5.30. The van der Waals surface area contributed by atoms with E-state index in [4.69, 9.17) is 0 Å². The summed E-state index contributed by atoms with van der Waals surface area (Å²) in [5.41, 5.74) is 0.0800. The van der Waals surface area contributed by atoms with Gasteiger partial charge in [0.1, 0.15) is 0 Å². The van der Waals surface area contributed by atoms with Crippen molar-refractivity contribution in [2.45, 2.75) is 12.6 Å². The minimum atomic E-state index is -4.51. The van der Waals surface area contributed by atoms with Crippen molar-refractivity contribution in [3.05, 3.63) is 60.2 Å². The first-order valence-corrected chi connectivity index (χ1v) is 9.76. The fourth-order valence-electron chi connectivity index (χ4n) is 3.17. The Morgan fingerprint density at radius 3 is 2.63 bits per heavy atom. The van der Waals surface area contributed by atoms with Crippen molar-refractivity contribution >= 4 is 34.2 Å². The number of carbonyl (C=O) groups is 2. The van der Waals surface area contributed by atoms with Crippen molar-refractivity contribution in [2.75, 3.05) is 16.8 Å². The third-order valence-electron chi connectivity index (χ3n) is 4.67. The summed E-state index contributed by atoms with van der Waals surface area (Å²) in [6.45, 7) is -0.00365. The molecule has 154 valence electrons. The Balaban J connectivity index is 1.44. The summed E-state index contributed by atoms with van der Waals surface area (Å²) in [7, 11) is 0. The number of halogens is 3. The van der Waals surface area contributed by atoms with Crippen molar-refractivity contribution in [1.82, 2.24) is 9.36 Å². The summed E-state index contributed by atoms with van der Waals surface area (Å²) < 4.78 is 43.0. The molecule has 1 atom stereocenters. The van der Waals surface area contributed by atoms with Gasteiger partial charge in [0.25, 0.3) is 0 Å². The zero-order valence-corrected chi connectivity index (χ0v) is 16.2. The van der Waals surface area contributed by atoms with Crippen LogP contribution < -0.4 is 10.2 Å². The highest BCUT2D eigenvalue weighted by Crippen LogP contribution is 2.33. The lowest BCUT2D eigenvalue weighted by molar-refractivity contribution is -0.137. The van der Waals surface area contributed by atoms with Gasteiger partial charge in [0.2, 0.25) is 16.9 Å². The van der Waals surface area contributed by atoms with Crippen LogP contribution in [0.2, 0.25) is 0 Å². The molecule has 10 heteroatoms. The zero-order chi connectivity index (χ0) is 21.3. The highest BCUT2D eigenvalue weighted by molar-refractivity contribution is 7.10. The van der Waals surface area contributed by atoms with E-state index in [1.807, 2.05) is 30.3 Å². The lowest BCUT2D eigenvalue weighted by Crippen LogP contribution is -2.28. The van der Waals surface area contributed by atoms with E-state index in [2.05, 4.69) is 14.7 Å². The molecule has 1 aliphatic rings. The van der Waals surface area contributed by atoms with Crippen LogP contribution in [0.5, 0.6) is 0 Å². The molecule has 1 fully saturated rings. The van der Waals surface area contributed by atoms with Gasteiger partial charge in [-0.25, -0.2) is 0 Å². The van der Waals surface area contributed by atoms with Crippen LogP contribution in [0.1, 0.15) is 12.0 Å². The fourth-order valence-corrected chi connectivity index (χ4v) is 3.76. The molecular formula is C20H15F3N4O2S. The van der Waals surface area contributed by atoms with E-state index in [0.29, 0.717) is 11.0 Å². The molecule has 1 N–H and O–H groups in total. The highest BCUT2D eigenvalue weighted by atomic mass is 32.1. The monoisotopic (exact) mass is 432 g/mol. The second kappa shape index (κ2) is 7.86. The van der Waals surface area contributed by atoms with Gasteiger partial charge in [0, 0.05) is 35.7 Å². The summed E-state index contributed by atoms with van der Waals surface area (Å²) in [4.78, 5) is 30.4. The molecule has 4 rings (SSSR count). The third kappa shape index (κ3) is 4.18. The molecule has 2 heterocycles. The van der Waals surface area contributed by atoms with Crippen LogP contribution in [0.3, 0.4) is 0 Å². The smallest absolute Gasteiger partial charge is 0.312 e. The molecular weight excluding hydrogens is 417 g/mol. The largest absolute Gasteiger partial charge is 0.416 e. The molecule has 1 aromatic heterocycles. The minimum absolute atomic E-state index is 0.00365. The number of alkyl halides is 3. The number of nitrogens with one attached hydrogen (secondary N) is 1. The van der Waals surface area contributed by atoms with Crippen molar-refractivity contribution in [3.63, 3.8) is 0 Å². The standard InChI is InChI=1S/C20H15F3N4O2S/c21-20(22,23)14-7-4-8-15(10-14)27-11-13(9-16(27)28)18(29)25-19-24-17(26-30-19)12-5-2-1-3-6-12/h1-8,10,13H,9,11H2,(H,24,25,26,29). The van der Waals surface area contributed by atoms with Gasteiger partial charge in [-0.15, -0.1) is 0 Å². The van der Waals surface area contributed by atoms with Gasteiger partial charge in [-0.3, -0.25) is 9.59 Å². The molecule has 0 bridgehead atoms. The quantitative estimate of drug-likeness (QED) is 0.670. The maximum absolute atomic E-state index is 12.9. The summed E-state index contributed by atoms with van der Waals surface area (Å²) in [6.07, 6.45) is -4.60. The van der Waals surface area contributed by atoms with Crippen LogP contribution >= 0.6 is 11.5 Å². The molecule has 2 aromatic carbocycles. The Bertz CT molecular complexity index is 1080. The molecule has 1 unspecified atom stereocenters. The molecule has 0 aliphatic carbocycles. The molecule has 1 aliphatic heterocycles. The molecule has 2 amide bonds. The molecule has 1 saturated heterocycles. The Kier molecular flexibility index (Phi) is 5.25. The summed E-state index contributed by atoms with van der Waals surface area (Å²) >= 11 is 1.02. The van der Waals surface area contributed by atoms with E-state index in [1.54, 1.807) is 0 Å². The van der Waals surface area contributed by atoms with E-state index >= 15 is 0 Å². The molecule has 3 aromatic rings. The van der Waals surface area contributed by atoms with Gasteiger partial charge in [0.15, 0.2) is 5.82 Å². The van der Waals surface area contributed by atoms with Gasteiger partial charge in [-0.2, -0.15) is 22.5 Å². The van der Waals surface area contributed by atoms with E-state index in [9.17, 15) is 22.8 Å². The summed E-state index contributed by atoms with van der Waals surface area (Å²) in [5.74, 6) is -1.05. The van der Waals surface area contributed by atoms with Crippen molar-refractivity contribution in [1.29, 1.82) is 0 Å². The maximum atomic E-state index is 12.9. The van der Waals surface area contributed by atoms with Crippen LogP contribution in [0.25, 0.3) is 11.4 Å². The number of anilines is 2. The number of rotatable bonds is 4. The lowest BCUT2D eigenvalue weighted by atomic mass is 10.1. The highest BCUT2D eigenvalue weighted by Gasteiger charge is 2.37. The SMILES string of the molecule is O=C(Nc1nc(-c2ccccc2)ns1)C1CC(=O)N(c2cccc(C(F)(F)F)c2)C1. The molecule has 6 nitrogen and oxygen atoms in total. The average Bonchev–Trinajstić information content (AvgIpc) is 3.35. The Morgan fingerprint density at radius 2 is 1.90 bits per heavy atom. The summed E-state index contributed by atoms with van der Waals surface area (Å²) in [5, 5.41) is 2.94. The number of benzene rings is 2. The van der Waals surface area contributed by atoms with Crippen LogP contribution in [0.4, 0.5) is 24.0 Å². The van der Waals surface area contributed by atoms with Crippen LogP contribution in [0.15, 0.2) is 54.6 Å². The minimum Gasteiger partial charge on any atom is -0.312 e. The number of aromatic nitrogens is 2. The zero-order valence-electron chi connectivity index (χ0n) is 15.4. The van der Waals surface area contributed by atoms with Gasteiger partial charge < -0.3 is 10.2 Å². The molecule has 0 radical (unpaired) electrons. The Morgan fingerprint density at radius 1 is 1.13 bits per heavy atom. The Labute approximate surface area is 173 Å². The topological polar surface area (TPSA) is 75.2 Å². The number of amides is 2. The first-order chi connectivity index (χ1) is 14.3. The second-order valence-corrected chi connectivity index (χ2v) is 7.48. The molecule has 30 heavy (non-hydrogen) atoms. The van der Waals surface area contributed by atoms with Crippen molar-refractivity contribution < 1.29 is 22.8 Å². The average molecular weight is 432 g/mol. The number of carbonyl (C=O) groups excluding carboxylic acids is 2. The van der Waals surface area contributed by atoms with Crippen LogP contribution in [-0.4, -0.2) is 27.7 Å². The van der Waals surface area contributed by atoms with E-state index < -0.39 is 29.5 Å². The van der Waals surface area contributed by atoms with E-state index in [0.717, 1.165) is 29.2 Å².